The number of hydrogen-bond acceptors (Lipinski definition) is 5. The highest BCUT2D eigenvalue weighted by atomic mass is 35.5. The normalized spacial score (nSPS) is 14.3. The number of non-ortho nitro benzene ring substituents is 1. The average molecular weight is 534 g/mol. The molecule has 0 saturated carbocycles. The first-order valence-electron chi connectivity index (χ1n) is 11.2. The molecule has 4 aromatic rings. The molecule has 3 aromatic carbocycles. The minimum atomic E-state index is -0.718. The number of aromatic amines is 1. The summed E-state index contributed by atoms with van der Waals surface area (Å²) < 4.78 is 14.8. The summed E-state index contributed by atoms with van der Waals surface area (Å²) in [4.78, 5) is 50.5. The van der Waals surface area contributed by atoms with Crippen LogP contribution in [0.3, 0.4) is 0 Å². The molecule has 1 aliphatic rings. The highest BCUT2D eigenvalue weighted by Crippen LogP contribution is 2.26. The minimum Gasteiger partial charge on any atom is -0.303 e. The molecule has 38 heavy (non-hydrogen) atoms. The van der Waals surface area contributed by atoms with E-state index in [1.165, 1.54) is 53.2 Å². The average Bonchev–Trinajstić information content (AvgIpc) is 3.35. The molecule has 0 radical (unpaired) electrons. The second-order valence-corrected chi connectivity index (χ2v) is 8.77. The Labute approximate surface area is 218 Å². The van der Waals surface area contributed by atoms with Crippen LogP contribution in [-0.4, -0.2) is 31.5 Å². The van der Waals surface area contributed by atoms with Crippen LogP contribution >= 0.6 is 11.6 Å². The van der Waals surface area contributed by atoms with Gasteiger partial charge < -0.3 is 5.32 Å². The van der Waals surface area contributed by atoms with E-state index in [9.17, 15) is 28.9 Å². The van der Waals surface area contributed by atoms with E-state index in [2.05, 4.69) is 10.4 Å². The van der Waals surface area contributed by atoms with E-state index >= 15 is 0 Å². The van der Waals surface area contributed by atoms with Crippen LogP contribution in [0, 0.1) is 15.9 Å². The predicted molar refractivity (Wildman–Crippen MR) is 137 cm³/mol. The third-order valence-electron chi connectivity index (χ3n) is 5.86. The first-order valence-corrected chi connectivity index (χ1v) is 11.5. The number of imide groups is 1. The standard InChI is InChI=1S/C26H17ClFN5O5/c27-17-6-4-16(5-7-17)23-21(24(34)32(30-23)19-8-10-20(11-9-19)33(37)38)13-22-25(35)31(26(36)29-22)14-15-2-1-3-18(28)12-15/h1-13,30H,14H2,(H,29,36)/b22-13-. The molecule has 0 spiro atoms. The zero-order chi connectivity index (χ0) is 27.0. The van der Waals surface area contributed by atoms with E-state index in [-0.39, 0.29) is 23.5 Å². The van der Waals surface area contributed by atoms with Gasteiger partial charge in [0.25, 0.3) is 17.2 Å². The Balaban J connectivity index is 1.57. The Kier molecular flexibility index (Phi) is 6.35. The fourth-order valence-corrected chi connectivity index (χ4v) is 4.13. The quantitative estimate of drug-likeness (QED) is 0.161. The number of urea groups is 1. The fourth-order valence-electron chi connectivity index (χ4n) is 4.00. The Morgan fingerprint density at radius 3 is 2.37 bits per heavy atom. The van der Waals surface area contributed by atoms with E-state index < -0.39 is 28.2 Å². The Hall–Kier alpha value is -5.03. The summed E-state index contributed by atoms with van der Waals surface area (Å²) in [6.07, 6.45) is 1.26. The van der Waals surface area contributed by atoms with Crippen LogP contribution in [0.4, 0.5) is 14.9 Å². The molecule has 2 N–H and O–H groups in total. The van der Waals surface area contributed by atoms with Crippen molar-refractivity contribution in [3.05, 3.63) is 121 Å². The third kappa shape index (κ3) is 4.70. The highest BCUT2D eigenvalue weighted by molar-refractivity contribution is 6.30. The van der Waals surface area contributed by atoms with Crippen molar-refractivity contribution in [2.45, 2.75) is 6.54 Å². The SMILES string of the molecule is O=C1N/C(=C\c2c(-c3ccc(Cl)cc3)[nH]n(-c3ccc([N+](=O)[O-])cc3)c2=O)C(=O)N1Cc1cccc(F)c1. The van der Waals surface area contributed by atoms with Crippen molar-refractivity contribution in [1.82, 2.24) is 20.0 Å². The van der Waals surface area contributed by atoms with Crippen molar-refractivity contribution < 1.29 is 18.9 Å². The first kappa shape index (κ1) is 24.7. The maximum Gasteiger partial charge on any atom is 0.329 e. The van der Waals surface area contributed by atoms with Crippen molar-refractivity contribution in [1.29, 1.82) is 0 Å². The zero-order valence-electron chi connectivity index (χ0n) is 19.4. The van der Waals surface area contributed by atoms with Gasteiger partial charge in [-0.25, -0.2) is 13.9 Å². The van der Waals surface area contributed by atoms with Crippen molar-refractivity contribution in [2.75, 3.05) is 0 Å². The van der Waals surface area contributed by atoms with Crippen LogP contribution in [0.2, 0.25) is 5.02 Å². The first-order chi connectivity index (χ1) is 18.2. The van der Waals surface area contributed by atoms with Crippen LogP contribution in [0.25, 0.3) is 23.0 Å². The molecular weight excluding hydrogens is 517 g/mol. The summed E-state index contributed by atoms with van der Waals surface area (Å²) >= 11 is 6.01. The van der Waals surface area contributed by atoms with E-state index in [1.807, 2.05) is 0 Å². The number of nitro benzene ring substituents is 1. The van der Waals surface area contributed by atoms with Crippen LogP contribution in [0.5, 0.6) is 0 Å². The van der Waals surface area contributed by atoms with Gasteiger partial charge in [-0.15, -0.1) is 0 Å². The number of carbonyl (C=O) groups excluding carboxylic acids is 2. The number of H-pyrrole nitrogens is 1. The topological polar surface area (TPSA) is 130 Å². The molecular formula is C26H17ClFN5O5. The van der Waals surface area contributed by atoms with Gasteiger partial charge in [0.2, 0.25) is 0 Å². The molecule has 10 nitrogen and oxygen atoms in total. The summed E-state index contributed by atoms with van der Waals surface area (Å²) in [6.45, 7) is -0.163. The third-order valence-corrected chi connectivity index (χ3v) is 6.11. The molecule has 190 valence electrons. The van der Waals surface area contributed by atoms with Crippen molar-refractivity contribution >= 4 is 35.3 Å². The summed E-state index contributed by atoms with van der Waals surface area (Å²) in [5.74, 6) is -1.19. The lowest BCUT2D eigenvalue weighted by Gasteiger charge is -2.11. The molecule has 1 fully saturated rings. The lowest BCUT2D eigenvalue weighted by atomic mass is 10.1. The van der Waals surface area contributed by atoms with Crippen LogP contribution in [0.1, 0.15) is 11.1 Å². The van der Waals surface area contributed by atoms with E-state index in [0.29, 0.717) is 27.5 Å². The van der Waals surface area contributed by atoms with Crippen molar-refractivity contribution in [3.8, 4) is 16.9 Å². The lowest BCUT2D eigenvalue weighted by molar-refractivity contribution is -0.384. The van der Waals surface area contributed by atoms with E-state index in [0.717, 1.165) is 4.90 Å². The van der Waals surface area contributed by atoms with Gasteiger partial charge in [-0.2, -0.15) is 0 Å². The summed E-state index contributed by atoms with van der Waals surface area (Å²) in [5, 5.41) is 16.9. The number of hydrogen-bond donors (Lipinski definition) is 2. The smallest absolute Gasteiger partial charge is 0.303 e. The number of benzene rings is 3. The van der Waals surface area contributed by atoms with Gasteiger partial charge >= 0.3 is 6.03 Å². The molecule has 0 atom stereocenters. The van der Waals surface area contributed by atoms with Gasteiger partial charge in [-0.1, -0.05) is 35.9 Å². The zero-order valence-corrected chi connectivity index (χ0v) is 20.1. The molecule has 3 amide bonds. The van der Waals surface area contributed by atoms with Crippen LogP contribution < -0.4 is 10.9 Å². The number of nitrogens with one attached hydrogen (secondary N) is 2. The molecule has 0 unspecified atom stereocenters. The molecule has 5 rings (SSSR count). The number of nitrogens with zero attached hydrogens (tertiary/aromatic N) is 3. The van der Waals surface area contributed by atoms with Gasteiger partial charge in [-0.3, -0.25) is 29.7 Å². The Morgan fingerprint density at radius 1 is 1.00 bits per heavy atom. The van der Waals surface area contributed by atoms with Gasteiger partial charge in [0.15, 0.2) is 0 Å². The lowest BCUT2D eigenvalue weighted by Crippen LogP contribution is -2.30. The van der Waals surface area contributed by atoms with Crippen molar-refractivity contribution in [2.24, 2.45) is 0 Å². The second kappa shape index (κ2) is 9.79. The van der Waals surface area contributed by atoms with E-state index in [1.54, 1.807) is 30.3 Å². The van der Waals surface area contributed by atoms with Gasteiger partial charge in [0.1, 0.15) is 11.5 Å². The summed E-state index contributed by atoms with van der Waals surface area (Å²) in [5.41, 5.74) is 0.813. The second-order valence-electron chi connectivity index (χ2n) is 8.33. The minimum absolute atomic E-state index is 0.0573. The molecule has 2 heterocycles. The van der Waals surface area contributed by atoms with Gasteiger partial charge in [0, 0.05) is 22.7 Å². The highest BCUT2D eigenvalue weighted by Gasteiger charge is 2.34. The Morgan fingerprint density at radius 2 is 1.71 bits per heavy atom. The van der Waals surface area contributed by atoms with Crippen molar-refractivity contribution in [3.63, 3.8) is 0 Å². The molecule has 12 heteroatoms. The van der Waals surface area contributed by atoms with E-state index in [4.69, 9.17) is 11.6 Å². The van der Waals surface area contributed by atoms with Crippen LogP contribution in [0.15, 0.2) is 83.3 Å². The predicted octanol–water partition coefficient (Wildman–Crippen LogP) is 4.63. The maximum absolute atomic E-state index is 13.6. The van der Waals surface area contributed by atoms with Gasteiger partial charge in [-0.05, 0) is 48.0 Å². The summed E-state index contributed by atoms with van der Waals surface area (Å²) in [6, 6.07) is 16.7. The molecule has 1 aliphatic heterocycles. The maximum atomic E-state index is 13.6. The number of carbonyl (C=O) groups is 2. The number of halogens is 2. The number of aromatic nitrogens is 2. The molecule has 1 saturated heterocycles. The molecule has 0 bridgehead atoms. The number of amides is 3. The Bertz CT molecular complexity index is 1680. The monoisotopic (exact) mass is 533 g/mol. The largest absolute Gasteiger partial charge is 0.329 e. The van der Waals surface area contributed by atoms with Gasteiger partial charge in [0.05, 0.1) is 28.4 Å². The number of nitro groups is 1. The van der Waals surface area contributed by atoms with Crippen LogP contribution in [-0.2, 0) is 11.3 Å². The summed E-state index contributed by atoms with van der Waals surface area (Å²) in [7, 11) is 0. The molecule has 0 aliphatic carbocycles. The number of rotatable bonds is 6. The fraction of sp³-hybridized carbons (Fsp3) is 0.0385. The molecule has 1 aromatic heterocycles.